The van der Waals surface area contributed by atoms with Crippen molar-refractivity contribution in [2.24, 2.45) is 0 Å². The molecule has 0 aromatic heterocycles. The molecule has 0 amide bonds. The maximum absolute atomic E-state index is 5.80. The van der Waals surface area contributed by atoms with Gasteiger partial charge in [0.2, 0.25) is 0 Å². The summed E-state index contributed by atoms with van der Waals surface area (Å²) in [5, 5.41) is 0. The summed E-state index contributed by atoms with van der Waals surface area (Å²) in [7, 11) is 5.80. The molecule has 3 heteroatoms. The van der Waals surface area contributed by atoms with Crippen molar-refractivity contribution >= 4 is 13.3 Å². The zero-order valence-electron chi connectivity index (χ0n) is 13.8. The van der Waals surface area contributed by atoms with Gasteiger partial charge in [-0.1, -0.05) is 0 Å². The molecular weight excluding hydrogens is 295 g/mol. The van der Waals surface area contributed by atoms with E-state index in [0.29, 0.717) is 0 Å². The summed E-state index contributed by atoms with van der Waals surface area (Å²) in [4.78, 5) is 0. The maximum atomic E-state index is 5.80. The molecule has 2 N–H and O–H groups in total. The van der Waals surface area contributed by atoms with Crippen LogP contribution in [-0.2, 0) is 5.41 Å². The first-order chi connectivity index (χ1) is 10.6. The van der Waals surface area contributed by atoms with Gasteiger partial charge in [0.15, 0.2) is 0 Å². The predicted molar refractivity (Wildman–Crippen MR) is 98.7 cm³/mol. The normalized spacial score (nSPS) is 13.3. The Balaban J connectivity index is 0.00000104. The van der Waals surface area contributed by atoms with Gasteiger partial charge < -0.3 is 11.0 Å². The smallest absolute Gasteiger partial charge is 0.870 e. The van der Waals surface area contributed by atoms with Crippen LogP contribution in [0.1, 0.15) is 25.0 Å². The van der Waals surface area contributed by atoms with Crippen LogP contribution in [0.2, 0.25) is 0 Å². The van der Waals surface area contributed by atoms with Crippen LogP contribution in [-0.4, -0.2) is 18.8 Å². The van der Waals surface area contributed by atoms with Crippen molar-refractivity contribution in [3.63, 3.8) is 0 Å². The van der Waals surface area contributed by atoms with Crippen molar-refractivity contribution in [3.8, 4) is 22.3 Å². The Kier molecular flexibility index (Phi) is 4.70. The van der Waals surface area contributed by atoms with Gasteiger partial charge in [0.1, 0.15) is 0 Å². The van der Waals surface area contributed by atoms with Gasteiger partial charge in [-0.2, -0.15) is 0 Å². The summed E-state index contributed by atoms with van der Waals surface area (Å²) in [5.74, 6) is 0. The van der Waals surface area contributed by atoms with Crippen molar-refractivity contribution in [2.75, 3.05) is 0 Å². The molecule has 24 heavy (non-hydrogen) atoms. The Bertz CT molecular complexity index is 867. The molecule has 0 radical (unpaired) electrons. The van der Waals surface area contributed by atoms with Gasteiger partial charge in [0.05, 0.1) is 0 Å². The third-order valence-corrected chi connectivity index (χ3v) is 4.83. The molecule has 0 saturated carbocycles. The van der Waals surface area contributed by atoms with Gasteiger partial charge in [-0.15, -0.1) is 0 Å². The van der Waals surface area contributed by atoms with E-state index in [0.717, 1.165) is 5.46 Å². The summed E-state index contributed by atoms with van der Waals surface area (Å²) >= 11 is 0. The first kappa shape index (κ1) is 18.0. The van der Waals surface area contributed by atoms with Gasteiger partial charge in [-0.25, -0.2) is 0 Å². The van der Waals surface area contributed by atoms with Crippen molar-refractivity contribution in [1.29, 1.82) is 0 Å². The van der Waals surface area contributed by atoms with Crippen LogP contribution >= 0.6 is 0 Å². The fourth-order valence-corrected chi connectivity index (χ4v) is 3.56. The molecule has 1 aliphatic rings. The summed E-state index contributed by atoms with van der Waals surface area (Å²) in [6, 6.07) is 23.6. The van der Waals surface area contributed by atoms with Gasteiger partial charge in [0.25, 0.3) is 0 Å². The average molecular weight is 314 g/mol. The SMILES string of the molecule is [B+2]c1ccc(-c2ccc3c(c2)C(C)(C)c2ccccc2-3)cc1.[OH-].[OH-]. The minimum absolute atomic E-state index is 0. The zero-order chi connectivity index (χ0) is 15.3. The number of hydrogen-bond acceptors (Lipinski definition) is 2. The average Bonchev–Trinajstić information content (AvgIpc) is 2.77. The zero-order valence-corrected chi connectivity index (χ0v) is 13.8. The van der Waals surface area contributed by atoms with Crippen molar-refractivity contribution in [2.45, 2.75) is 19.3 Å². The first-order valence-electron chi connectivity index (χ1n) is 7.68. The minimum atomic E-state index is 0. The van der Waals surface area contributed by atoms with Crippen LogP contribution in [0.25, 0.3) is 22.3 Å². The molecule has 0 unspecified atom stereocenters. The topological polar surface area (TPSA) is 60.0 Å². The number of fused-ring (bicyclic) bond motifs is 3. The van der Waals surface area contributed by atoms with E-state index in [-0.39, 0.29) is 16.4 Å². The van der Waals surface area contributed by atoms with Crippen molar-refractivity contribution < 1.29 is 11.0 Å². The molecule has 118 valence electrons. The third-order valence-electron chi connectivity index (χ3n) is 4.83. The Morgan fingerprint density at radius 1 is 0.667 bits per heavy atom. The number of hydrogen-bond donors (Lipinski definition) is 0. The summed E-state index contributed by atoms with van der Waals surface area (Å²) < 4.78 is 0. The van der Waals surface area contributed by atoms with E-state index >= 15 is 0 Å². The molecule has 0 atom stereocenters. The molecule has 0 fully saturated rings. The molecule has 3 aromatic rings. The van der Waals surface area contributed by atoms with E-state index in [1.165, 1.54) is 33.4 Å². The van der Waals surface area contributed by atoms with E-state index in [1.807, 2.05) is 12.1 Å². The fourth-order valence-electron chi connectivity index (χ4n) is 3.56. The Morgan fingerprint density at radius 3 is 1.96 bits per heavy atom. The van der Waals surface area contributed by atoms with E-state index in [9.17, 15) is 0 Å². The van der Waals surface area contributed by atoms with Gasteiger partial charge >= 0.3 is 133 Å². The summed E-state index contributed by atoms with van der Waals surface area (Å²) in [6.07, 6.45) is 0. The van der Waals surface area contributed by atoms with Crippen LogP contribution < -0.4 is 5.46 Å². The Hall–Kier alpha value is -2.36. The second kappa shape index (κ2) is 6.27. The quantitative estimate of drug-likeness (QED) is 0.635. The molecular formula is C21H19BO2. The van der Waals surface area contributed by atoms with Gasteiger partial charge in [0, 0.05) is 0 Å². The van der Waals surface area contributed by atoms with E-state index < -0.39 is 0 Å². The Morgan fingerprint density at radius 2 is 1.25 bits per heavy atom. The first-order valence-corrected chi connectivity index (χ1v) is 7.68. The predicted octanol–water partition coefficient (Wildman–Crippen LogP) is 4.10. The van der Waals surface area contributed by atoms with Crippen LogP contribution in [0.3, 0.4) is 0 Å². The molecule has 0 spiro atoms. The molecule has 1 aliphatic carbocycles. The number of benzene rings is 3. The number of rotatable bonds is 1. The fraction of sp³-hybridized carbons (Fsp3) is 0.143. The van der Waals surface area contributed by atoms with E-state index in [1.54, 1.807) is 0 Å². The van der Waals surface area contributed by atoms with Gasteiger partial charge in [-0.05, 0) is 0 Å². The molecule has 2 nitrogen and oxygen atoms in total. The monoisotopic (exact) mass is 314 g/mol. The Labute approximate surface area is 144 Å². The van der Waals surface area contributed by atoms with Gasteiger partial charge in [-0.3, -0.25) is 0 Å². The summed E-state index contributed by atoms with van der Waals surface area (Å²) in [5.41, 5.74) is 8.87. The minimum Gasteiger partial charge on any atom is -0.870 e. The molecule has 4 rings (SSSR count). The second-order valence-electron chi connectivity index (χ2n) is 6.55. The molecule has 0 heterocycles. The van der Waals surface area contributed by atoms with Crippen LogP contribution in [0.4, 0.5) is 0 Å². The maximum Gasteiger partial charge on any atom is -0.870 e. The van der Waals surface area contributed by atoms with Crippen LogP contribution in [0.5, 0.6) is 0 Å². The van der Waals surface area contributed by atoms with Crippen LogP contribution in [0.15, 0.2) is 66.7 Å². The summed E-state index contributed by atoms with van der Waals surface area (Å²) in [6.45, 7) is 4.62. The third kappa shape index (κ3) is 2.56. The molecule has 3 aromatic carbocycles. The molecule has 0 bridgehead atoms. The molecule has 0 aliphatic heterocycles. The standard InChI is InChI=1S/C21H17B.2H2O/c1-21(2)19-6-4-3-5-17(19)18-12-9-15(13-20(18)21)14-7-10-16(22)11-8-14;;/h3-13H,1-2H3;2*1H2/q+2;;/p-2. The van der Waals surface area contributed by atoms with E-state index in [4.69, 9.17) is 7.85 Å². The largest absolute Gasteiger partial charge is 0.870 e. The van der Waals surface area contributed by atoms with Crippen molar-refractivity contribution in [1.82, 2.24) is 0 Å². The van der Waals surface area contributed by atoms with Crippen molar-refractivity contribution in [3.05, 3.63) is 77.9 Å². The van der Waals surface area contributed by atoms with E-state index in [2.05, 4.69) is 68.4 Å². The second-order valence-corrected chi connectivity index (χ2v) is 6.55. The molecule has 0 saturated heterocycles. The van der Waals surface area contributed by atoms with Crippen LogP contribution in [0, 0.1) is 0 Å².